The van der Waals surface area contributed by atoms with E-state index in [1.807, 2.05) is 45.8 Å². The number of carbonyl (C=O) groups excluding carboxylic acids is 3. The number of benzene rings is 1. The molecule has 3 fully saturated rings. The van der Waals surface area contributed by atoms with Gasteiger partial charge in [0.05, 0.1) is 24.0 Å². The van der Waals surface area contributed by atoms with Gasteiger partial charge in [-0.15, -0.1) is 0 Å². The second kappa shape index (κ2) is 9.17. The minimum absolute atomic E-state index is 0.0941. The van der Waals surface area contributed by atoms with Crippen molar-refractivity contribution in [3.63, 3.8) is 0 Å². The van der Waals surface area contributed by atoms with Gasteiger partial charge in [-0.3, -0.25) is 19.3 Å². The number of likely N-dealkylation sites (tertiary alicyclic amines) is 1. The van der Waals surface area contributed by atoms with Crippen LogP contribution in [-0.2, 0) is 14.4 Å². The summed E-state index contributed by atoms with van der Waals surface area (Å²) in [5.74, 6) is 2.10. The Balaban J connectivity index is 1.39. The zero-order valence-corrected chi connectivity index (χ0v) is 17.5. The van der Waals surface area contributed by atoms with Crippen molar-refractivity contribution in [3.8, 4) is 0 Å². The molecule has 1 atom stereocenters. The summed E-state index contributed by atoms with van der Waals surface area (Å²) in [4.78, 5) is 43.5. The van der Waals surface area contributed by atoms with Gasteiger partial charge in [0.2, 0.25) is 17.7 Å². The van der Waals surface area contributed by atoms with Gasteiger partial charge < -0.3 is 15.1 Å². The average molecular weight is 417 g/mol. The highest BCUT2D eigenvalue weighted by Crippen LogP contribution is 2.29. The summed E-state index contributed by atoms with van der Waals surface area (Å²) in [6.45, 7) is 3.25. The fraction of sp³-hybridized carbons (Fsp3) is 0.571. The molecule has 0 radical (unpaired) electrons. The number of rotatable bonds is 5. The lowest BCUT2D eigenvalue weighted by molar-refractivity contribution is -0.136. The first-order valence-electron chi connectivity index (χ1n) is 10.4. The van der Waals surface area contributed by atoms with Crippen molar-refractivity contribution in [2.75, 3.05) is 54.4 Å². The number of thioether (sulfide) groups is 1. The molecule has 4 rings (SSSR count). The van der Waals surface area contributed by atoms with Crippen LogP contribution in [0, 0.1) is 0 Å². The number of nitrogens with zero attached hydrogens (tertiary/aromatic N) is 3. The van der Waals surface area contributed by atoms with Crippen molar-refractivity contribution in [1.82, 2.24) is 9.80 Å². The molecule has 1 unspecified atom stereocenters. The van der Waals surface area contributed by atoms with Crippen LogP contribution in [0.1, 0.15) is 25.7 Å². The number of nitrogens with one attached hydrogen (secondary N) is 1. The molecular formula is C21H28N4O3S. The second-order valence-corrected chi connectivity index (χ2v) is 9.01. The van der Waals surface area contributed by atoms with Crippen LogP contribution in [0.5, 0.6) is 0 Å². The van der Waals surface area contributed by atoms with Gasteiger partial charge in [0.25, 0.3) is 0 Å². The van der Waals surface area contributed by atoms with Crippen LogP contribution in [0.15, 0.2) is 24.3 Å². The molecule has 1 aromatic carbocycles. The lowest BCUT2D eigenvalue weighted by atomic mass is 10.2. The maximum absolute atomic E-state index is 12.9. The van der Waals surface area contributed by atoms with Crippen molar-refractivity contribution < 1.29 is 14.4 Å². The molecule has 29 heavy (non-hydrogen) atoms. The molecule has 3 aliphatic rings. The summed E-state index contributed by atoms with van der Waals surface area (Å²) >= 11 is 1.88. The summed E-state index contributed by atoms with van der Waals surface area (Å²) in [5, 5.41) is 2.97. The predicted molar refractivity (Wildman–Crippen MR) is 115 cm³/mol. The lowest BCUT2D eigenvalue weighted by Gasteiger charge is -2.32. The van der Waals surface area contributed by atoms with Crippen LogP contribution in [0.4, 0.5) is 11.4 Å². The molecule has 3 saturated heterocycles. The Labute approximate surface area is 175 Å². The monoisotopic (exact) mass is 416 g/mol. The molecule has 8 heteroatoms. The average Bonchev–Trinajstić information content (AvgIpc) is 3.37. The Bertz CT molecular complexity index is 781. The Morgan fingerprint density at radius 1 is 1.07 bits per heavy atom. The van der Waals surface area contributed by atoms with Crippen LogP contribution in [0.3, 0.4) is 0 Å². The topological polar surface area (TPSA) is 73.0 Å². The van der Waals surface area contributed by atoms with E-state index in [1.165, 1.54) is 0 Å². The number of para-hydroxylation sites is 2. The van der Waals surface area contributed by atoms with Crippen molar-refractivity contribution in [2.24, 2.45) is 0 Å². The molecule has 3 amide bonds. The molecule has 0 aliphatic carbocycles. The fourth-order valence-electron chi connectivity index (χ4n) is 4.38. The molecule has 156 valence electrons. The van der Waals surface area contributed by atoms with Crippen LogP contribution < -0.4 is 10.2 Å². The van der Waals surface area contributed by atoms with Crippen molar-refractivity contribution in [3.05, 3.63) is 24.3 Å². The second-order valence-electron chi connectivity index (χ2n) is 7.78. The molecule has 1 aromatic rings. The Kier molecular flexibility index (Phi) is 6.40. The zero-order chi connectivity index (χ0) is 20.2. The van der Waals surface area contributed by atoms with Crippen molar-refractivity contribution in [2.45, 2.75) is 31.7 Å². The van der Waals surface area contributed by atoms with Gasteiger partial charge in [-0.1, -0.05) is 12.1 Å². The fourth-order valence-corrected chi connectivity index (χ4v) is 5.28. The van der Waals surface area contributed by atoms with Crippen molar-refractivity contribution in [1.29, 1.82) is 0 Å². The molecular weight excluding hydrogens is 388 g/mol. The quantitative estimate of drug-likeness (QED) is 0.792. The SMILES string of the molecule is O=C(CN1CCCC1C(=O)N1CCSCC1)Nc1ccccc1N1CCCC1=O. The van der Waals surface area contributed by atoms with E-state index in [4.69, 9.17) is 0 Å². The largest absolute Gasteiger partial charge is 0.340 e. The van der Waals surface area contributed by atoms with Crippen LogP contribution in [0.25, 0.3) is 0 Å². The summed E-state index contributed by atoms with van der Waals surface area (Å²) in [6.07, 6.45) is 3.14. The molecule has 0 saturated carbocycles. The first-order chi connectivity index (χ1) is 14.1. The highest BCUT2D eigenvalue weighted by molar-refractivity contribution is 7.99. The molecule has 3 aliphatic heterocycles. The third-order valence-corrected chi connectivity index (χ3v) is 6.80. The summed E-state index contributed by atoms with van der Waals surface area (Å²) < 4.78 is 0. The standard InChI is InChI=1S/C21H28N4O3S/c26-19(22-16-5-1-2-6-17(16)25-10-4-8-20(25)27)15-24-9-3-7-18(24)21(28)23-11-13-29-14-12-23/h1-2,5-6,18H,3-4,7-15H2,(H,22,26). The smallest absolute Gasteiger partial charge is 0.239 e. The first kappa shape index (κ1) is 20.2. The zero-order valence-electron chi connectivity index (χ0n) is 16.6. The molecule has 3 heterocycles. The summed E-state index contributed by atoms with van der Waals surface area (Å²) in [7, 11) is 0. The number of carbonyl (C=O) groups is 3. The Hall–Kier alpha value is -2.06. The van der Waals surface area contributed by atoms with Crippen LogP contribution >= 0.6 is 11.8 Å². The maximum Gasteiger partial charge on any atom is 0.239 e. The van der Waals surface area contributed by atoms with E-state index < -0.39 is 0 Å². The molecule has 7 nitrogen and oxygen atoms in total. The summed E-state index contributed by atoms with van der Waals surface area (Å²) in [5.41, 5.74) is 1.41. The minimum atomic E-state index is -0.195. The first-order valence-corrected chi connectivity index (χ1v) is 11.6. The minimum Gasteiger partial charge on any atom is -0.340 e. The van der Waals surface area contributed by atoms with E-state index in [9.17, 15) is 14.4 Å². The number of hydrogen-bond acceptors (Lipinski definition) is 5. The van der Waals surface area contributed by atoms with E-state index in [0.717, 1.165) is 56.1 Å². The number of amides is 3. The van der Waals surface area contributed by atoms with Crippen LogP contribution in [0.2, 0.25) is 0 Å². The van der Waals surface area contributed by atoms with Gasteiger partial charge in [-0.05, 0) is 37.9 Å². The van der Waals surface area contributed by atoms with E-state index in [1.54, 1.807) is 4.90 Å². The van der Waals surface area contributed by atoms with E-state index in [-0.39, 0.29) is 30.3 Å². The van der Waals surface area contributed by atoms with Gasteiger partial charge >= 0.3 is 0 Å². The van der Waals surface area contributed by atoms with Gasteiger partial charge in [0.1, 0.15) is 0 Å². The third kappa shape index (κ3) is 4.59. The Morgan fingerprint density at radius 2 is 1.86 bits per heavy atom. The number of hydrogen-bond donors (Lipinski definition) is 1. The Morgan fingerprint density at radius 3 is 2.62 bits per heavy atom. The predicted octanol–water partition coefficient (Wildman–Crippen LogP) is 1.79. The molecule has 0 bridgehead atoms. The maximum atomic E-state index is 12.9. The van der Waals surface area contributed by atoms with Crippen molar-refractivity contribution >= 4 is 40.9 Å². The molecule has 0 aromatic heterocycles. The van der Waals surface area contributed by atoms with Gasteiger partial charge in [-0.2, -0.15) is 11.8 Å². The third-order valence-electron chi connectivity index (χ3n) is 5.86. The van der Waals surface area contributed by atoms with Gasteiger partial charge in [0, 0.05) is 37.6 Å². The van der Waals surface area contributed by atoms with E-state index >= 15 is 0 Å². The highest BCUT2D eigenvalue weighted by Gasteiger charge is 2.35. The molecule has 1 N–H and O–H groups in total. The van der Waals surface area contributed by atoms with Gasteiger partial charge in [0.15, 0.2) is 0 Å². The lowest BCUT2D eigenvalue weighted by Crippen LogP contribution is -2.50. The summed E-state index contributed by atoms with van der Waals surface area (Å²) in [6, 6.07) is 7.24. The highest BCUT2D eigenvalue weighted by atomic mass is 32.2. The van der Waals surface area contributed by atoms with E-state index in [0.29, 0.717) is 18.7 Å². The van der Waals surface area contributed by atoms with Crippen LogP contribution in [-0.4, -0.2) is 77.8 Å². The normalized spacial score (nSPS) is 22.9. The number of anilines is 2. The van der Waals surface area contributed by atoms with E-state index in [2.05, 4.69) is 5.32 Å². The van der Waals surface area contributed by atoms with Gasteiger partial charge in [-0.25, -0.2) is 0 Å². The molecule has 0 spiro atoms.